The molecule has 0 bridgehead atoms. The van der Waals surface area contributed by atoms with Crippen LogP contribution in [0.2, 0.25) is 0 Å². The summed E-state index contributed by atoms with van der Waals surface area (Å²) in [7, 11) is 0. The monoisotopic (exact) mass is 406 g/mol. The van der Waals surface area contributed by atoms with Gasteiger partial charge in [-0.3, -0.25) is 4.79 Å². The van der Waals surface area contributed by atoms with Crippen LogP contribution in [0.15, 0.2) is 48.0 Å². The summed E-state index contributed by atoms with van der Waals surface area (Å²) in [4.78, 5) is 17.0. The van der Waals surface area contributed by atoms with Crippen molar-refractivity contribution in [1.82, 2.24) is 9.80 Å². The minimum absolute atomic E-state index is 0.0387. The first-order valence-electron chi connectivity index (χ1n) is 10.9. The molecule has 1 N–H and O–H groups in total. The van der Waals surface area contributed by atoms with Crippen molar-refractivity contribution in [2.24, 2.45) is 0 Å². The van der Waals surface area contributed by atoms with E-state index in [2.05, 4.69) is 11.0 Å². The average Bonchev–Trinajstić information content (AvgIpc) is 2.78. The maximum atomic E-state index is 12.9. The van der Waals surface area contributed by atoms with Crippen LogP contribution in [-0.2, 0) is 0 Å². The van der Waals surface area contributed by atoms with E-state index in [9.17, 15) is 9.90 Å². The van der Waals surface area contributed by atoms with Gasteiger partial charge >= 0.3 is 0 Å². The van der Waals surface area contributed by atoms with Gasteiger partial charge in [0.1, 0.15) is 11.5 Å². The Labute approximate surface area is 178 Å². The van der Waals surface area contributed by atoms with E-state index in [1.54, 1.807) is 0 Å². The molecule has 0 spiro atoms. The standard InChI is InChI=1S/C25H30N2O3/c1-3-27(4-2)25(29)19-9-10-21-23(17-19)30-22-8-6-5-7-20(22)24(21)18-11-13-26(14-12-18)15-16-28/h5-10,17,28H,3-4,11-16H2,1-2H3. The number of ether oxygens (including phenoxy) is 1. The summed E-state index contributed by atoms with van der Waals surface area (Å²) < 4.78 is 6.25. The minimum atomic E-state index is 0.0387. The zero-order valence-corrected chi connectivity index (χ0v) is 17.9. The van der Waals surface area contributed by atoms with Gasteiger partial charge in [-0.25, -0.2) is 0 Å². The minimum Gasteiger partial charge on any atom is -0.456 e. The number of likely N-dealkylation sites (tertiary alicyclic amines) is 1. The largest absolute Gasteiger partial charge is 0.456 e. The Hall–Kier alpha value is -2.63. The van der Waals surface area contributed by atoms with Gasteiger partial charge in [-0.2, -0.15) is 0 Å². The van der Waals surface area contributed by atoms with Crippen molar-refractivity contribution >= 4 is 11.5 Å². The lowest BCUT2D eigenvalue weighted by Crippen LogP contribution is -2.33. The number of hydrogen-bond donors (Lipinski definition) is 1. The van der Waals surface area contributed by atoms with Crippen LogP contribution in [0.4, 0.5) is 0 Å². The second-order valence-electron chi connectivity index (χ2n) is 7.83. The molecular weight excluding hydrogens is 376 g/mol. The molecule has 2 aliphatic heterocycles. The summed E-state index contributed by atoms with van der Waals surface area (Å²) in [5, 5.41) is 9.24. The molecule has 2 aromatic rings. The van der Waals surface area contributed by atoms with E-state index in [1.165, 1.54) is 11.1 Å². The summed E-state index contributed by atoms with van der Waals surface area (Å²) in [6.45, 7) is 8.22. The number of piperidine rings is 1. The molecule has 158 valence electrons. The molecule has 0 aromatic heterocycles. The molecule has 0 atom stereocenters. The van der Waals surface area contributed by atoms with Gasteiger partial charge in [0.2, 0.25) is 0 Å². The van der Waals surface area contributed by atoms with Crippen LogP contribution in [0.5, 0.6) is 11.5 Å². The van der Waals surface area contributed by atoms with Gasteiger partial charge in [0, 0.05) is 49.4 Å². The van der Waals surface area contributed by atoms with Gasteiger partial charge in [0.15, 0.2) is 0 Å². The third-order valence-electron chi connectivity index (χ3n) is 6.15. The third kappa shape index (κ3) is 3.87. The SMILES string of the molecule is CCN(CC)C(=O)c1ccc2c(c1)Oc1ccccc1C2=C1CCN(CCO)CC1. The fraction of sp³-hybridized carbons (Fsp3) is 0.400. The van der Waals surface area contributed by atoms with E-state index in [4.69, 9.17) is 4.74 Å². The van der Waals surface area contributed by atoms with Crippen LogP contribution in [0.3, 0.4) is 0 Å². The quantitative estimate of drug-likeness (QED) is 0.691. The predicted molar refractivity (Wildman–Crippen MR) is 119 cm³/mol. The van der Waals surface area contributed by atoms with Crippen LogP contribution >= 0.6 is 0 Å². The zero-order chi connectivity index (χ0) is 21.1. The number of fused-ring (bicyclic) bond motifs is 2. The Kier molecular flexibility index (Phi) is 6.21. The highest BCUT2D eigenvalue weighted by Gasteiger charge is 2.27. The Morgan fingerprint density at radius 1 is 1.03 bits per heavy atom. The normalized spacial score (nSPS) is 16.0. The molecule has 5 nitrogen and oxygen atoms in total. The van der Waals surface area contributed by atoms with Crippen molar-refractivity contribution in [1.29, 1.82) is 0 Å². The van der Waals surface area contributed by atoms with Crippen molar-refractivity contribution < 1.29 is 14.6 Å². The first-order valence-corrected chi connectivity index (χ1v) is 10.9. The molecule has 5 heteroatoms. The fourth-order valence-electron chi connectivity index (χ4n) is 4.48. The van der Waals surface area contributed by atoms with E-state index in [1.807, 2.05) is 55.1 Å². The number of carbonyl (C=O) groups is 1. The Bertz CT molecular complexity index is 953. The van der Waals surface area contributed by atoms with Crippen LogP contribution < -0.4 is 4.74 Å². The third-order valence-corrected chi connectivity index (χ3v) is 6.15. The van der Waals surface area contributed by atoms with Gasteiger partial charge in [0.05, 0.1) is 6.61 Å². The van der Waals surface area contributed by atoms with Crippen molar-refractivity contribution in [2.45, 2.75) is 26.7 Å². The van der Waals surface area contributed by atoms with Crippen molar-refractivity contribution in [3.05, 3.63) is 64.7 Å². The molecule has 1 saturated heterocycles. The molecule has 30 heavy (non-hydrogen) atoms. The number of hydrogen-bond acceptors (Lipinski definition) is 4. The summed E-state index contributed by atoms with van der Waals surface area (Å²) in [6.07, 6.45) is 1.95. The molecule has 0 aliphatic carbocycles. The molecule has 2 aliphatic rings. The number of aliphatic hydroxyl groups is 1. The van der Waals surface area contributed by atoms with Gasteiger partial charge in [0.25, 0.3) is 5.91 Å². The topological polar surface area (TPSA) is 53.0 Å². The predicted octanol–water partition coefficient (Wildman–Crippen LogP) is 4.16. The maximum absolute atomic E-state index is 12.9. The van der Waals surface area contributed by atoms with Gasteiger partial charge in [-0.1, -0.05) is 23.8 Å². The second-order valence-corrected chi connectivity index (χ2v) is 7.83. The van der Waals surface area contributed by atoms with Crippen LogP contribution in [-0.4, -0.2) is 60.1 Å². The number of nitrogens with zero attached hydrogens (tertiary/aromatic N) is 2. The lowest BCUT2D eigenvalue weighted by atomic mass is 9.85. The van der Waals surface area contributed by atoms with Gasteiger partial charge < -0.3 is 19.6 Å². The fourth-order valence-corrected chi connectivity index (χ4v) is 4.48. The van der Waals surface area contributed by atoms with Crippen LogP contribution in [0.1, 0.15) is 48.2 Å². The molecule has 4 rings (SSSR count). The van der Waals surface area contributed by atoms with E-state index in [0.29, 0.717) is 18.7 Å². The van der Waals surface area contributed by atoms with Crippen LogP contribution in [0.25, 0.3) is 5.57 Å². The molecule has 2 aromatic carbocycles. The lowest BCUT2D eigenvalue weighted by Gasteiger charge is -2.32. The molecule has 0 unspecified atom stereocenters. The Morgan fingerprint density at radius 3 is 2.43 bits per heavy atom. The van der Waals surface area contributed by atoms with Crippen molar-refractivity contribution in [3.63, 3.8) is 0 Å². The summed E-state index contributed by atoms with van der Waals surface area (Å²) in [6, 6.07) is 14.0. The molecule has 2 heterocycles. The highest BCUT2D eigenvalue weighted by atomic mass is 16.5. The molecule has 1 fully saturated rings. The zero-order valence-electron chi connectivity index (χ0n) is 17.9. The van der Waals surface area contributed by atoms with E-state index in [-0.39, 0.29) is 12.5 Å². The van der Waals surface area contributed by atoms with Crippen molar-refractivity contribution in [2.75, 3.05) is 39.3 Å². The number of aliphatic hydroxyl groups excluding tert-OH is 1. The summed E-state index contributed by atoms with van der Waals surface area (Å²) >= 11 is 0. The van der Waals surface area contributed by atoms with E-state index >= 15 is 0 Å². The molecule has 0 saturated carbocycles. The number of amides is 1. The van der Waals surface area contributed by atoms with Crippen LogP contribution in [0, 0.1) is 0 Å². The van der Waals surface area contributed by atoms with Gasteiger partial charge in [-0.05, 0) is 56.5 Å². The highest BCUT2D eigenvalue weighted by Crippen LogP contribution is 2.46. The highest BCUT2D eigenvalue weighted by molar-refractivity contribution is 5.97. The first-order chi connectivity index (χ1) is 14.7. The van der Waals surface area contributed by atoms with Crippen molar-refractivity contribution in [3.8, 4) is 11.5 Å². The number of carbonyl (C=O) groups excluding carboxylic acids is 1. The lowest BCUT2D eigenvalue weighted by molar-refractivity contribution is 0.0772. The first kappa shape index (κ1) is 20.6. The van der Waals surface area contributed by atoms with E-state index < -0.39 is 0 Å². The summed E-state index contributed by atoms with van der Waals surface area (Å²) in [5.41, 5.74) is 5.52. The maximum Gasteiger partial charge on any atom is 0.253 e. The number of para-hydroxylation sites is 1. The summed E-state index contributed by atoms with van der Waals surface area (Å²) in [5.74, 6) is 1.64. The average molecular weight is 407 g/mol. The number of rotatable bonds is 5. The molecule has 1 amide bonds. The second kappa shape index (κ2) is 9.02. The molecular formula is C25H30N2O3. The molecule has 0 radical (unpaired) electrons. The Balaban J connectivity index is 1.74. The number of β-amino-alcohol motifs (C(OH)–C–C–N with tert-alkyl or cyclic N) is 1. The van der Waals surface area contributed by atoms with Gasteiger partial charge in [-0.15, -0.1) is 0 Å². The number of benzene rings is 2. The smallest absolute Gasteiger partial charge is 0.253 e. The van der Waals surface area contributed by atoms with E-state index in [0.717, 1.165) is 55.1 Å². The Morgan fingerprint density at radius 2 is 1.73 bits per heavy atom.